The smallest absolute Gasteiger partial charge is 0.254 e. The number of carbonyl (C=O) groups is 1. The first kappa shape index (κ1) is 18.5. The molecule has 0 spiro atoms. The van der Waals surface area contributed by atoms with Crippen molar-refractivity contribution in [2.24, 2.45) is 0 Å². The van der Waals surface area contributed by atoms with Crippen LogP contribution >= 0.6 is 0 Å². The van der Waals surface area contributed by atoms with Gasteiger partial charge in [-0.05, 0) is 30.3 Å². The van der Waals surface area contributed by atoms with E-state index in [4.69, 9.17) is 4.74 Å². The molecule has 1 aromatic carbocycles. The Hall–Kier alpha value is -2.81. The number of halogens is 2. The lowest BCUT2D eigenvalue weighted by Crippen LogP contribution is -2.49. The molecule has 9 heteroatoms. The van der Waals surface area contributed by atoms with Crippen molar-refractivity contribution >= 4 is 17.5 Å². The summed E-state index contributed by atoms with van der Waals surface area (Å²) in [4.78, 5) is 18.3. The van der Waals surface area contributed by atoms with E-state index in [1.807, 2.05) is 12.1 Å². The van der Waals surface area contributed by atoms with Crippen LogP contribution in [0.2, 0.25) is 0 Å². The lowest BCUT2D eigenvalue weighted by Gasteiger charge is -2.35. The molecule has 1 amide bonds. The second-order valence-electron chi connectivity index (χ2n) is 6.76. The van der Waals surface area contributed by atoms with Crippen LogP contribution in [0.5, 0.6) is 0 Å². The maximum absolute atomic E-state index is 13.4. The Morgan fingerprint density at radius 2 is 1.43 bits per heavy atom. The molecule has 0 atom stereocenters. The number of ether oxygens (including phenoxy) is 1. The molecular formula is C19H21F2N5O2. The third-order valence-electron chi connectivity index (χ3n) is 5.03. The van der Waals surface area contributed by atoms with Gasteiger partial charge in [0.25, 0.3) is 5.91 Å². The summed E-state index contributed by atoms with van der Waals surface area (Å²) in [6.07, 6.45) is 0. The maximum atomic E-state index is 13.4. The van der Waals surface area contributed by atoms with E-state index >= 15 is 0 Å². The van der Waals surface area contributed by atoms with Crippen molar-refractivity contribution < 1.29 is 18.3 Å². The molecule has 2 fully saturated rings. The van der Waals surface area contributed by atoms with Gasteiger partial charge in [0.2, 0.25) is 0 Å². The number of anilines is 2. The van der Waals surface area contributed by atoms with Crippen molar-refractivity contribution in [3.8, 4) is 0 Å². The molecule has 2 aliphatic rings. The minimum Gasteiger partial charge on any atom is -0.378 e. The van der Waals surface area contributed by atoms with Crippen LogP contribution < -0.4 is 9.80 Å². The van der Waals surface area contributed by atoms with E-state index < -0.39 is 11.6 Å². The Morgan fingerprint density at radius 1 is 0.821 bits per heavy atom. The minimum absolute atomic E-state index is 0.155. The van der Waals surface area contributed by atoms with Gasteiger partial charge in [0.05, 0.1) is 13.2 Å². The van der Waals surface area contributed by atoms with Crippen LogP contribution in [0.1, 0.15) is 10.4 Å². The summed E-state index contributed by atoms with van der Waals surface area (Å²) in [7, 11) is 0. The molecule has 0 N–H and O–H groups in total. The number of hydrogen-bond donors (Lipinski definition) is 0. The Balaban J connectivity index is 1.35. The minimum atomic E-state index is -1.01. The second-order valence-corrected chi connectivity index (χ2v) is 6.76. The summed E-state index contributed by atoms with van der Waals surface area (Å²) in [5.41, 5.74) is 0.155. The third kappa shape index (κ3) is 3.89. The van der Waals surface area contributed by atoms with Gasteiger partial charge in [0.15, 0.2) is 23.3 Å². The highest BCUT2D eigenvalue weighted by molar-refractivity contribution is 5.94. The van der Waals surface area contributed by atoms with Gasteiger partial charge >= 0.3 is 0 Å². The molecule has 0 bridgehead atoms. The van der Waals surface area contributed by atoms with Gasteiger partial charge in [-0.25, -0.2) is 8.78 Å². The van der Waals surface area contributed by atoms with Gasteiger partial charge in [-0.15, -0.1) is 10.2 Å². The zero-order valence-corrected chi connectivity index (χ0v) is 15.4. The molecule has 28 heavy (non-hydrogen) atoms. The summed E-state index contributed by atoms with van der Waals surface area (Å²) >= 11 is 0. The van der Waals surface area contributed by atoms with Crippen molar-refractivity contribution in [2.45, 2.75) is 0 Å². The van der Waals surface area contributed by atoms with Gasteiger partial charge < -0.3 is 19.4 Å². The molecule has 4 rings (SSSR count). The summed E-state index contributed by atoms with van der Waals surface area (Å²) in [6.45, 7) is 5.14. The van der Waals surface area contributed by atoms with Crippen LogP contribution in [0.3, 0.4) is 0 Å². The molecule has 0 saturated carbocycles. The van der Waals surface area contributed by atoms with Crippen LogP contribution in [0.25, 0.3) is 0 Å². The zero-order chi connectivity index (χ0) is 19.5. The van der Waals surface area contributed by atoms with E-state index in [1.165, 1.54) is 6.07 Å². The quantitative estimate of drug-likeness (QED) is 0.794. The number of aromatic nitrogens is 2. The lowest BCUT2D eigenvalue weighted by atomic mass is 10.1. The second kappa shape index (κ2) is 8.05. The van der Waals surface area contributed by atoms with Crippen LogP contribution in [0.15, 0.2) is 30.3 Å². The van der Waals surface area contributed by atoms with Gasteiger partial charge in [0.1, 0.15) is 0 Å². The molecule has 2 aliphatic heterocycles. The molecule has 1 aromatic heterocycles. The van der Waals surface area contributed by atoms with E-state index in [1.54, 1.807) is 4.90 Å². The predicted octanol–water partition coefficient (Wildman–Crippen LogP) is 1.55. The van der Waals surface area contributed by atoms with E-state index in [-0.39, 0.29) is 11.5 Å². The van der Waals surface area contributed by atoms with Crippen LogP contribution in [0, 0.1) is 11.6 Å². The number of nitrogens with zero attached hydrogens (tertiary/aromatic N) is 5. The monoisotopic (exact) mass is 389 g/mol. The fourth-order valence-electron chi connectivity index (χ4n) is 3.40. The normalized spacial score (nSPS) is 17.7. The fraction of sp³-hybridized carbons (Fsp3) is 0.421. The van der Waals surface area contributed by atoms with Crippen molar-refractivity contribution in [1.29, 1.82) is 0 Å². The van der Waals surface area contributed by atoms with Gasteiger partial charge in [-0.1, -0.05) is 0 Å². The van der Waals surface area contributed by atoms with Crippen molar-refractivity contribution in [2.75, 3.05) is 62.3 Å². The number of carbonyl (C=O) groups excluding carboxylic acids is 1. The van der Waals surface area contributed by atoms with Crippen molar-refractivity contribution in [3.05, 3.63) is 47.5 Å². The first-order chi connectivity index (χ1) is 13.6. The van der Waals surface area contributed by atoms with Gasteiger partial charge in [0, 0.05) is 44.8 Å². The highest BCUT2D eigenvalue weighted by Crippen LogP contribution is 2.18. The summed E-state index contributed by atoms with van der Waals surface area (Å²) in [5.74, 6) is -0.677. The van der Waals surface area contributed by atoms with Crippen LogP contribution in [-0.2, 0) is 4.74 Å². The first-order valence-corrected chi connectivity index (χ1v) is 9.27. The van der Waals surface area contributed by atoms with Crippen LogP contribution in [0.4, 0.5) is 20.4 Å². The zero-order valence-electron chi connectivity index (χ0n) is 15.4. The SMILES string of the molecule is O=C(c1ccc(F)c(F)c1)N1CCN(c2ccc(N3CCOCC3)nn2)CC1. The number of morpholine rings is 1. The van der Waals surface area contributed by atoms with E-state index in [2.05, 4.69) is 20.0 Å². The Morgan fingerprint density at radius 3 is 2.00 bits per heavy atom. The molecule has 7 nitrogen and oxygen atoms in total. The molecule has 148 valence electrons. The van der Waals surface area contributed by atoms with Gasteiger partial charge in [-0.2, -0.15) is 0 Å². The van der Waals surface area contributed by atoms with Gasteiger partial charge in [-0.3, -0.25) is 4.79 Å². The van der Waals surface area contributed by atoms with Crippen molar-refractivity contribution in [1.82, 2.24) is 15.1 Å². The standard InChI is InChI=1S/C19H21F2N5O2/c20-15-2-1-14(13-16(15)21)19(27)26-7-5-24(6-8-26)17-3-4-18(23-22-17)25-9-11-28-12-10-25/h1-4,13H,5-12H2. The molecule has 0 radical (unpaired) electrons. The largest absolute Gasteiger partial charge is 0.378 e. The molecule has 3 heterocycles. The number of hydrogen-bond acceptors (Lipinski definition) is 6. The highest BCUT2D eigenvalue weighted by atomic mass is 19.2. The van der Waals surface area contributed by atoms with Crippen LogP contribution in [-0.4, -0.2) is 73.5 Å². The molecule has 0 aliphatic carbocycles. The number of piperazine rings is 1. The van der Waals surface area contributed by atoms with E-state index in [9.17, 15) is 13.6 Å². The average molecular weight is 389 g/mol. The Bertz CT molecular complexity index is 835. The number of amides is 1. The fourth-order valence-corrected chi connectivity index (χ4v) is 3.40. The van der Waals surface area contributed by atoms with E-state index in [0.29, 0.717) is 39.4 Å². The summed E-state index contributed by atoms with van der Waals surface area (Å²) < 4.78 is 31.8. The summed E-state index contributed by atoms with van der Waals surface area (Å²) in [5, 5.41) is 8.64. The number of benzene rings is 1. The lowest BCUT2D eigenvalue weighted by molar-refractivity contribution is 0.0746. The molecule has 2 saturated heterocycles. The Labute approximate surface area is 161 Å². The maximum Gasteiger partial charge on any atom is 0.254 e. The number of rotatable bonds is 3. The Kier molecular flexibility index (Phi) is 5.34. The van der Waals surface area contributed by atoms with E-state index in [0.717, 1.165) is 36.9 Å². The molecular weight excluding hydrogens is 368 g/mol. The molecule has 0 unspecified atom stereocenters. The highest BCUT2D eigenvalue weighted by Gasteiger charge is 2.24. The summed E-state index contributed by atoms with van der Waals surface area (Å²) in [6, 6.07) is 7.12. The average Bonchev–Trinajstić information content (AvgIpc) is 2.76. The van der Waals surface area contributed by atoms with Crippen molar-refractivity contribution in [3.63, 3.8) is 0 Å². The third-order valence-corrected chi connectivity index (χ3v) is 5.03. The first-order valence-electron chi connectivity index (χ1n) is 9.27. The topological polar surface area (TPSA) is 61.8 Å². The molecule has 2 aromatic rings. The predicted molar refractivity (Wildman–Crippen MR) is 99.5 cm³/mol.